The summed E-state index contributed by atoms with van der Waals surface area (Å²) in [6.45, 7) is 0. The zero-order chi connectivity index (χ0) is 6.08. The molecule has 7 heavy (non-hydrogen) atoms. The van der Waals surface area contributed by atoms with Crippen LogP contribution in [0, 0.1) is 0 Å². The highest BCUT2D eigenvalue weighted by Crippen LogP contribution is 2.22. The molecule has 0 aromatic rings. The molecular formula is C2ClF2IO. The summed E-state index contributed by atoms with van der Waals surface area (Å²) < 4.78 is 21.2. The van der Waals surface area contributed by atoms with Crippen molar-refractivity contribution >= 4 is 38.0 Å². The second-order valence-electron chi connectivity index (χ2n) is 0.771. The van der Waals surface area contributed by atoms with Crippen molar-refractivity contribution in [1.29, 1.82) is 0 Å². The van der Waals surface area contributed by atoms with E-state index in [1.54, 1.807) is 0 Å². The summed E-state index contributed by atoms with van der Waals surface area (Å²) in [6, 6.07) is 0. The van der Waals surface area contributed by atoms with Crippen LogP contribution in [-0.2, 0) is 4.79 Å². The molecule has 0 bridgehead atoms. The first-order chi connectivity index (χ1) is 2.94. The van der Waals surface area contributed by atoms with E-state index < -0.39 is 9.17 Å². The molecule has 0 fully saturated rings. The van der Waals surface area contributed by atoms with Crippen LogP contribution in [-0.4, -0.2) is 9.17 Å². The SMILES string of the molecule is O=C(I)C(F)(F)Cl. The van der Waals surface area contributed by atoms with Gasteiger partial charge in [0.2, 0.25) is 0 Å². The molecule has 0 saturated heterocycles. The average Bonchev–Trinajstić information content (AvgIpc) is 1.31. The Morgan fingerprint density at radius 2 is 1.86 bits per heavy atom. The van der Waals surface area contributed by atoms with Gasteiger partial charge in [0, 0.05) is 22.6 Å². The summed E-state index contributed by atoms with van der Waals surface area (Å²) in [5.41, 5.74) is 0. The van der Waals surface area contributed by atoms with Gasteiger partial charge >= 0.3 is 5.38 Å². The topological polar surface area (TPSA) is 17.1 Å². The fourth-order valence-electron chi connectivity index (χ4n) is 0. The van der Waals surface area contributed by atoms with E-state index in [0.29, 0.717) is 0 Å². The van der Waals surface area contributed by atoms with Crippen molar-refractivity contribution < 1.29 is 13.6 Å². The number of rotatable bonds is 1. The van der Waals surface area contributed by atoms with Gasteiger partial charge < -0.3 is 0 Å². The average molecular weight is 240 g/mol. The lowest BCUT2D eigenvalue weighted by atomic mass is 10.8. The summed E-state index contributed by atoms with van der Waals surface area (Å²) in [5, 5.41) is -3.68. The van der Waals surface area contributed by atoms with E-state index in [4.69, 9.17) is 0 Å². The van der Waals surface area contributed by atoms with Crippen molar-refractivity contribution in [2.75, 3.05) is 0 Å². The lowest BCUT2D eigenvalue weighted by Crippen LogP contribution is -2.13. The van der Waals surface area contributed by atoms with E-state index in [0.717, 1.165) is 22.6 Å². The van der Waals surface area contributed by atoms with Crippen LogP contribution in [0.1, 0.15) is 0 Å². The molecule has 0 saturated carbocycles. The highest BCUT2D eigenvalue weighted by atomic mass is 127. The van der Waals surface area contributed by atoms with Crippen LogP contribution in [0.15, 0.2) is 0 Å². The minimum Gasteiger partial charge on any atom is -0.279 e. The van der Waals surface area contributed by atoms with Gasteiger partial charge in [0.15, 0.2) is 0 Å². The molecule has 0 aromatic carbocycles. The molecule has 0 rings (SSSR count). The van der Waals surface area contributed by atoms with Crippen molar-refractivity contribution in [3.63, 3.8) is 0 Å². The fourth-order valence-corrected chi connectivity index (χ4v) is 0. The number of halogens is 4. The van der Waals surface area contributed by atoms with E-state index in [-0.39, 0.29) is 0 Å². The third-order valence-corrected chi connectivity index (χ3v) is 1.39. The van der Waals surface area contributed by atoms with Crippen LogP contribution in [0.2, 0.25) is 0 Å². The summed E-state index contributed by atoms with van der Waals surface area (Å²) >= 11 is 5.11. The van der Waals surface area contributed by atoms with Crippen LogP contribution >= 0.6 is 34.2 Å². The van der Waals surface area contributed by atoms with E-state index in [1.807, 2.05) is 0 Å². The molecule has 5 heteroatoms. The number of hydrogen-bond acceptors (Lipinski definition) is 1. The molecule has 0 N–H and O–H groups in total. The second-order valence-corrected chi connectivity index (χ2v) is 2.23. The van der Waals surface area contributed by atoms with Crippen molar-refractivity contribution in [1.82, 2.24) is 0 Å². The van der Waals surface area contributed by atoms with Gasteiger partial charge in [-0.2, -0.15) is 8.78 Å². The Hall–Kier alpha value is 0.550. The Balaban J connectivity index is 3.79. The van der Waals surface area contributed by atoms with Gasteiger partial charge in [-0.3, -0.25) is 4.79 Å². The minimum absolute atomic E-state index is 0.928. The Morgan fingerprint density at radius 1 is 1.71 bits per heavy atom. The Bertz CT molecular complexity index is 88.2. The van der Waals surface area contributed by atoms with Crippen molar-refractivity contribution in [3.05, 3.63) is 0 Å². The minimum atomic E-state index is -3.68. The first-order valence-corrected chi connectivity index (χ1v) is 2.67. The van der Waals surface area contributed by atoms with Gasteiger partial charge in [-0.05, 0) is 11.6 Å². The Labute approximate surface area is 57.2 Å². The van der Waals surface area contributed by atoms with Crippen molar-refractivity contribution in [2.24, 2.45) is 0 Å². The zero-order valence-corrected chi connectivity index (χ0v) is 5.83. The molecular weight excluding hydrogens is 240 g/mol. The third-order valence-electron chi connectivity index (χ3n) is 0.223. The third kappa shape index (κ3) is 3.16. The summed E-state index contributed by atoms with van der Waals surface area (Å²) in [5.74, 6) is 0. The maximum Gasteiger partial charge on any atom is 0.390 e. The van der Waals surface area contributed by atoms with Gasteiger partial charge in [0.1, 0.15) is 0 Å². The molecule has 42 valence electrons. The van der Waals surface area contributed by atoms with Crippen LogP contribution in [0.3, 0.4) is 0 Å². The first-order valence-electron chi connectivity index (χ1n) is 1.21. The van der Waals surface area contributed by atoms with Crippen LogP contribution in [0.4, 0.5) is 8.78 Å². The highest BCUT2D eigenvalue weighted by molar-refractivity contribution is 14.1. The number of carbonyl (C=O) groups is 1. The first kappa shape index (κ1) is 7.55. The zero-order valence-electron chi connectivity index (χ0n) is 2.92. The van der Waals surface area contributed by atoms with E-state index >= 15 is 0 Å². The molecule has 0 radical (unpaired) electrons. The summed E-state index contributed by atoms with van der Waals surface area (Å²) in [6.07, 6.45) is 0. The van der Waals surface area contributed by atoms with E-state index in [1.165, 1.54) is 0 Å². The predicted octanol–water partition coefficient (Wildman–Crippen LogP) is 1.78. The smallest absolute Gasteiger partial charge is 0.279 e. The lowest BCUT2D eigenvalue weighted by Gasteiger charge is -1.96. The normalized spacial score (nSPS) is 11.4. The predicted molar refractivity (Wildman–Crippen MR) is 29.8 cm³/mol. The molecule has 1 nitrogen and oxygen atoms in total. The highest BCUT2D eigenvalue weighted by Gasteiger charge is 2.32. The summed E-state index contributed by atoms with van der Waals surface area (Å²) in [7, 11) is 0. The number of hydrogen-bond donors (Lipinski definition) is 0. The summed E-state index contributed by atoms with van der Waals surface area (Å²) in [4.78, 5) is 9.57. The molecule has 0 aliphatic rings. The largest absolute Gasteiger partial charge is 0.390 e. The maximum atomic E-state index is 11.3. The fraction of sp³-hybridized carbons (Fsp3) is 0.500. The van der Waals surface area contributed by atoms with Gasteiger partial charge in [-0.1, -0.05) is 0 Å². The van der Waals surface area contributed by atoms with Crippen molar-refractivity contribution in [2.45, 2.75) is 5.38 Å². The molecule has 0 aromatic heterocycles. The number of carbonyl (C=O) groups excluding carboxylic acids is 1. The maximum absolute atomic E-state index is 11.3. The lowest BCUT2D eigenvalue weighted by molar-refractivity contribution is -0.122. The molecule has 0 heterocycles. The standard InChI is InChI=1S/C2ClF2IO/c3-2(4,5)1(6)7. The van der Waals surface area contributed by atoms with E-state index in [9.17, 15) is 13.6 Å². The molecule has 0 aliphatic carbocycles. The van der Waals surface area contributed by atoms with Crippen molar-refractivity contribution in [3.8, 4) is 0 Å². The van der Waals surface area contributed by atoms with Gasteiger partial charge in [0.25, 0.3) is 3.79 Å². The molecule has 0 spiro atoms. The van der Waals surface area contributed by atoms with Gasteiger partial charge in [0.05, 0.1) is 0 Å². The Morgan fingerprint density at radius 3 is 1.86 bits per heavy atom. The van der Waals surface area contributed by atoms with Gasteiger partial charge in [-0.15, -0.1) is 0 Å². The van der Waals surface area contributed by atoms with Crippen LogP contribution in [0.5, 0.6) is 0 Å². The van der Waals surface area contributed by atoms with E-state index in [2.05, 4.69) is 11.6 Å². The van der Waals surface area contributed by atoms with Gasteiger partial charge in [-0.25, -0.2) is 0 Å². The number of alkyl halides is 3. The monoisotopic (exact) mass is 240 g/mol. The second kappa shape index (κ2) is 2.21. The Kier molecular flexibility index (Phi) is 2.39. The quantitative estimate of drug-likeness (QED) is 0.388. The molecule has 0 aliphatic heterocycles. The molecule has 0 amide bonds. The molecule has 0 unspecified atom stereocenters. The van der Waals surface area contributed by atoms with Crippen LogP contribution < -0.4 is 0 Å². The van der Waals surface area contributed by atoms with Crippen LogP contribution in [0.25, 0.3) is 0 Å². The molecule has 0 atom stereocenters.